The number of nitrogens with zero attached hydrogens (tertiary/aromatic N) is 2. The Labute approximate surface area is 157 Å². The van der Waals surface area contributed by atoms with E-state index in [9.17, 15) is 5.11 Å². The molecule has 1 heterocycles. The number of hydrogen-bond donors (Lipinski definition) is 1. The number of benzene rings is 2. The van der Waals surface area contributed by atoms with Crippen LogP contribution in [0, 0.1) is 0 Å². The van der Waals surface area contributed by atoms with Crippen LogP contribution in [0.3, 0.4) is 0 Å². The molecule has 0 atom stereocenters. The van der Waals surface area contributed by atoms with Gasteiger partial charge in [0, 0.05) is 54.1 Å². The van der Waals surface area contributed by atoms with Crippen molar-refractivity contribution in [3.8, 4) is 5.75 Å². The van der Waals surface area contributed by atoms with Crippen molar-refractivity contribution in [1.82, 2.24) is 4.90 Å². The molecular weight excluding hydrogens is 363 g/mol. The third-order valence-electron chi connectivity index (χ3n) is 4.15. The standard InChI is InChI=1S/C18H20Cl2N2OS/c19-14-1-6-17(20)18(13-14)24-12-11-21-7-9-22(10-8-21)15-2-4-16(23)5-3-15/h1-6,13,23H,7-12H2. The average Bonchev–Trinajstić information content (AvgIpc) is 2.59. The molecule has 0 aliphatic carbocycles. The Morgan fingerprint density at radius 1 is 0.958 bits per heavy atom. The Bertz CT molecular complexity index is 673. The molecule has 3 rings (SSSR count). The molecule has 0 amide bonds. The Balaban J connectivity index is 1.44. The van der Waals surface area contributed by atoms with Crippen molar-refractivity contribution in [2.24, 2.45) is 0 Å². The second kappa shape index (κ2) is 8.34. The van der Waals surface area contributed by atoms with E-state index in [4.69, 9.17) is 23.2 Å². The van der Waals surface area contributed by atoms with Crippen LogP contribution in [-0.2, 0) is 0 Å². The van der Waals surface area contributed by atoms with E-state index in [1.54, 1.807) is 23.9 Å². The lowest BCUT2D eigenvalue weighted by atomic mass is 10.2. The zero-order valence-electron chi connectivity index (χ0n) is 13.3. The van der Waals surface area contributed by atoms with Gasteiger partial charge >= 0.3 is 0 Å². The van der Waals surface area contributed by atoms with Crippen molar-refractivity contribution in [3.05, 3.63) is 52.5 Å². The van der Waals surface area contributed by atoms with E-state index in [0.29, 0.717) is 5.75 Å². The molecule has 0 saturated carbocycles. The first-order valence-corrected chi connectivity index (χ1v) is 9.70. The van der Waals surface area contributed by atoms with E-state index in [-0.39, 0.29) is 0 Å². The molecule has 6 heteroatoms. The molecule has 0 bridgehead atoms. The van der Waals surface area contributed by atoms with E-state index in [1.807, 2.05) is 30.3 Å². The lowest BCUT2D eigenvalue weighted by Gasteiger charge is -2.36. The second-order valence-electron chi connectivity index (χ2n) is 5.77. The van der Waals surface area contributed by atoms with Crippen LogP contribution in [0.1, 0.15) is 0 Å². The second-order valence-corrected chi connectivity index (χ2v) is 7.75. The molecule has 128 valence electrons. The Morgan fingerprint density at radius 2 is 1.67 bits per heavy atom. The minimum absolute atomic E-state index is 0.314. The smallest absolute Gasteiger partial charge is 0.115 e. The van der Waals surface area contributed by atoms with Gasteiger partial charge in [-0.3, -0.25) is 4.90 Å². The van der Waals surface area contributed by atoms with Crippen LogP contribution in [0.15, 0.2) is 47.4 Å². The summed E-state index contributed by atoms with van der Waals surface area (Å²) in [6.45, 7) is 5.15. The summed E-state index contributed by atoms with van der Waals surface area (Å²) in [5.41, 5.74) is 1.17. The molecule has 24 heavy (non-hydrogen) atoms. The number of phenols is 1. The maximum Gasteiger partial charge on any atom is 0.115 e. The molecular formula is C18H20Cl2N2OS. The normalized spacial score (nSPS) is 15.7. The van der Waals surface area contributed by atoms with Gasteiger partial charge in [-0.1, -0.05) is 23.2 Å². The van der Waals surface area contributed by atoms with Crippen LogP contribution in [0.4, 0.5) is 5.69 Å². The topological polar surface area (TPSA) is 26.7 Å². The van der Waals surface area contributed by atoms with Gasteiger partial charge in [0.25, 0.3) is 0 Å². The molecule has 1 aliphatic heterocycles. The number of hydrogen-bond acceptors (Lipinski definition) is 4. The van der Waals surface area contributed by atoms with Gasteiger partial charge in [-0.25, -0.2) is 0 Å². The third kappa shape index (κ3) is 4.73. The zero-order chi connectivity index (χ0) is 16.9. The molecule has 0 aromatic heterocycles. The zero-order valence-corrected chi connectivity index (χ0v) is 15.6. The minimum atomic E-state index is 0.314. The first-order chi connectivity index (χ1) is 11.6. The number of thioether (sulfide) groups is 1. The Hall–Kier alpha value is -1.07. The van der Waals surface area contributed by atoms with Crippen molar-refractivity contribution in [1.29, 1.82) is 0 Å². The molecule has 1 saturated heterocycles. The van der Waals surface area contributed by atoms with Gasteiger partial charge in [0.15, 0.2) is 0 Å². The van der Waals surface area contributed by atoms with Crippen LogP contribution >= 0.6 is 35.0 Å². The summed E-state index contributed by atoms with van der Waals surface area (Å²) in [6.07, 6.45) is 0. The van der Waals surface area contributed by atoms with Crippen LogP contribution in [0.25, 0.3) is 0 Å². The summed E-state index contributed by atoms with van der Waals surface area (Å²) in [4.78, 5) is 5.88. The van der Waals surface area contributed by atoms with Crippen LogP contribution in [0.2, 0.25) is 10.0 Å². The molecule has 2 aromatic rings. The number of anilines is 1. The van der Waals surface area contributed by atoms with Gasteiger partial charge < -0.3 is 10.0 Å². The average molecular weight is 383 g/mol. The number of halogens is 2. The lowest BCUT2D eigenvalue weighted by molar-refractivity contribution is 0.273. The fourth-order valence-electron chi connectivity index (χ4n) is 2.77. The molecule has 3 nitrogen and oxygen atoms in total. The number of aromatic hydroxyl groups is 1. The Kier molecular flexibility index (Phi) is 6.17. The highest BCUT2D eigenvalue weighted by atomic mass is 35.5. The highest BCUT2D eigenvalue weighted by Crippen LogP contribution is 2.30. The minimum Gasteiger partial charge on any atom is -0.508 e. The predicted molar refractivity (Wildman–Crippen MR) is 104 cm³/mol. The molecule has 0 radical (unpaired) electrons. The summed E-state index contributed by atoms with van der Waals surface area (Å²) in [7, 11) is 0. The first kappa shape index (κ1) is 17.7. The lowest BCUT2D eigenvalue weighted by Crippen LogP contribution is -2.47. The molecule has 1 N–H and O–H groups in total. The predicted octanol–water partition coefficient (Wildman–Crippen LogP) is 4.61. The van der Waals surface area contributed by atoms with Gasteiger partial charge in [-0.15, -0.1) is 11.8 Å². The monoisotopic (exact) mass is 382 g/mol. The molecule has 0 unspecified atom stereocenters. The SMILES string of the molecule is Oc1ccc(N2CCN(CCSc3cc(Cl)ccc3Cl)CC2)cc1. The maximum absolute atomic E-state index is 9.38. The quantitative estimate of drug-likeness (QED) is 0.763. The summed E-state index contributed by atoms with van der Waals surface area (Å²) in [5, 5.41) is 10.9. The number of rotatable bonds is 5. The fraction of sp³-hybridized carbons (Fsp3) is 0.333. The van der Waals surface area contributed by atoms with E-state index in [2.05, 4.69) is 9.80 Å². The van der Waals surface area contributed by atoms with Crippen molar-refractivity contribution >= 4 is 40.7 Å². The highest BCUT2D eigenvalue weighted by molar-refractivity contribution is 7.99. The van der Waals surface area contributed by atoms with Gasteiger partial charge in [0.1, 0.15) is 5.75 Å². The van der Waals surface area contributed by atoms with E-state index in [0.717, 1.165) is 53.4 Å². The van der Waals surface area contributed by atoms with Gasteiger partial charge in [0.05, 0.1) is 5.02 Å². The Morgan fingerprint density at radius 3 is 2.38 bits per heavy atom. The maximum atomic E-state index is 9.38. The van der Waals surface area contributed by atoms with E-state index < -0.39 is 0 Å². The van der Waals surface area contributed by atoms with E-state index >= 15 is 0 Å². The van der Waals surface area contributed by atoms with Gasteiger partial charge in [0.2, 0.25) is 0 Å². The number of phenolic OH excluding ortho intramolecular Hbond substituents is 1. The summed E-state index contributed by atoms with van der Waals surface area (Å²) in [5.74, 6) is 1.31. The van der Waals surface area contributed by atoms with Crippen molar-refractivity contribution in [3.63, 3.8) is 0 Å². The van der Waals surface area contributed by atoms with Crippen LogP contribution in [0.5, 0.6) is 5.75 Å². The van der Waals surface area contributed by atoms with Crippen LogP contribution < -0.4 is 4.90 Å². The van der Waals surface area contributed by atoms with Gasteiger partial charge in [-0.2, -0.15) is 0 Å². The summed E-state index contributed by atoms with van der Waals surface area (Å²) < 4.78 is 0. The third-order valence-corrected chi connectivity index (χ3v) is 5.86. The van der Waals surface area contributed by atoms with Crippen molar-refractivity contribution < 1.29 is 5.11 Å². The number of piperazine rings is 1. The van der Waals surface area contributed by atoms with E-state index in [1.165, 1.54) is 5.69 Å². The van der Waals surface area contributed by atoms with Crippen molar-refractivity contribution in [2.45, 2.75) is 4.90 Å². The van der Waals surface area contributed by atoms with Crippen LogP contribution in [-0.4, -0.2) is 48.5 Å². The van der Waals surface area contributed by atoms with Gasteiger partial charge in [-0.05, 0) is 42.5 Å². The van der Waals surface area contributed by atoms with Crippen molar-refractivity contribution in [2.75, 3.05) is 43.4 Å². The molecule has 0 spiro atoms. The largest absolute Gasteiger partial charge is 0.508 e. The molecule has 2 aromatic carbocycles. The highest BCUT2D eigenvalue weighted by Gasteiger charge is 2.17. The fourth-order valence-corrected chi connectivity index (χ4v) is 4.27. The first-order valence-electron chi connectivity index (χ1n) is 7.96. The molecule has 1 aliphatic rings. The summed E-state index contributed by atoms with van der Waals surface area (Å²) in [6, 6.07) is 13.0. The molecule has 1 fully saturated rings. The summed E-state index contributed by atoms with van der Waals surface area (Å²) >= 11 is 14.0.